The Labute approximate surface area is 150 Å². The molecule has 0 saturated carbocycles. The number of hydrogen-bond donors (Lipinski definition) is 1. The van der Waals surface area contributed by atoms with Crippen LogP contribution < -0.4 is 0 Å². The van der Waals surface area contributed by atoms with Gasteiger partial charge in [-0.2, -0.15) is 18.3 Å². The van der Waals surface area contributed by atoms with Gasteiger partial charge in [0.25, 0.3) is 5.91 Å². The van der Waals surface area contributed by atoms with Gasteiger partial charge in [-0.1, -0.05) is 11.6 Å². The van der Waals surface area contributed by atoms with E-state index in [0.29, 0.717) is 10.7 Å². The monoisotopic (exact) mass is 387 g/mol. The highest BCUT2D eigenvalue weighted by molar-refractivity contribution is 6.30. The molecule has 6 nitrogen and oxygen atoms in total. The van der Waals surface area contributed by atoms with Crippen molar-refractivity contribution in [3.8, 4) is 5.69 Å². The molecule has 0 spiro atoms. The number of likely N-dealkylation sites (tertiary alicyclic amines) is 1. The number of nitrogens with zero attached hydrogens (tertiary/aromatic N) is 3. The molecule has 1 aliphatic heterocycles. The Bertz CT molecular complexity index is 850. The first-order valence-electron chi connectivity index (χ1n) is 7.54. The first-order chi connectivity index (χ1) is 12.1. The lowest BCUT2D eigenvalue weighted by molar-refractivity contribution is -0.227. The van der Waals surface area contributed by atoms with Crippen molar-refractivity contribution >= 4 is 23.5 Å². The Morgan fingerprint density at radius 3 is 2.42 bits per heavy atom. The van der Waals surface area contributed by atoms with Crippen LogP contribution in [0.5, 0.6) is 0 Å². The number of aromatic nitrogens is 2. The van der Waals surface area contributed by atoms with Gasteiger partial charge in [0, 0.05) is 24.3 Å². The largest absolute Gasteiger partial charge is 0.481 e. The topological polar surface area (TPSA) is 75.4 Å². The predicted molar refractivity (Wildman–Crippen MR) is 85.2 cm³/mol. The maximum atomic E-state index is 13.2. The van der Waals surface area contributed by atoms with Crippen molar-refractivity contribution in [2.24, 2.45) is 5.41 Å². The maximum absolute atomic E-state index is 13.2. The molecule has 1 saturated heterocycles. The Morgan fingerprint density at radius 1 is 1.23 bits per heavy atom. The lowest BCUT2D eigenvalue weighted by atomic mass is 9.86. The summed E-state index contributed by atoms with van der Waals surface area (Å²) in [6.45, 7) is -1.21. The summed E-state index contributed by atoms with van der Waals surface area (Å²) < 4.78 is 41.0. The molecule has 10 heteroatoms. The Kier molecular flexibility index (Phi) is 4.43. The molecule has 26 heavy (non-hydrogen) atoms. The summed E-state index contributed by atoms with van der Waals surface area (Å²) in [7, 11) is 0. The third kappa shape index (κ3) is 3.03. The number of aliphatic carboxylic acids is 1. The lowest BCUT2D eigenvalue weighted by Gasteiger charge is -2.27. The summed E-state index contributed by atoms with van der Waals surface area (Å²) in [5.74, 6) is -2.67. The average molecular weight is 388 g/mol. The maximum Gasteiger partial charge on any atom is 0.406 e. The summed E-state index contributed by atoms with van der Waals surface area (Å²) in [4.78, 5) is 24.6. The third-order valence-electron chi connectivity index (χ3n) is 4.43. The minimum atomic E-state index is -4.94. The molecule has 3 rings (SSSR count). The molecule has 1 fully saturated rings. The summed E-state index contributed by atoms with van der Waals surface area (Å²) in [5.41, 5.74) is -2.25. The minimum Gasteiger partial charge on any atom is -0.481 e. The first kappa shape index (κ1) is 18.2. The van der Waals surface area contributed by atoms with Crippen LogP contribution in [-0.4, -0.2) is 50.9 Å². The van der Waals surface area contributed by atoms with E-state index in [-0.39, 0.29) is 12.1 Å². The number of alkyl halides is 3. The molecule has 1 aromatic carbocycles. The number of carboxylic acids is 1. The molecule has 0 radical (unpaired) electrons. The normalized spacial score (nSPS) is 20.4. The Balaban J connectivity index is 1.81. The quantitative estimate of drug-likeness (QED) is 0.878. The molecule has 1 N–H and O–H groups in total. The van der Waals surface area contributed by atoms with E-state index in [4.69, 9.17) is 16.7 Å². The average Bonchev–Trinajstić information content (AvgIpc) is 3.22. The number of carbonyl (C=O) groups is 2. The van der Waals surface area contributed by atoms with Crippen LogP contribution in [-0.2, 0) is 4.79 Å². The molecule has 2 heterocycles. The molecule has 138 valence electrons. The van der Waals surface area contributed by atoms with Crippen molar-refractivity contribution in [2.45, 2.75) is 12.6 Å². The van der Waals surface area contributed by atoms with E-state index in [1.54, 1.807) is 24.3 Å². The van der Waals surface area contributed by atoms with Gasteiger partial charge in [0.1, 0.15) is 0 Å². The Morgan fingerprint density at radius 2 is 1.88 bits per heavy atom. The summed E-state index contributed by atoms with van der Waals surface area (Å²) in [6, 6.07) is 6.59. The van der Waals surface area contributed by atoms with E-state index in [1.165, 1.54) is 17.1 Å². The van der Waals surface area contributed by atoms with Gasteiger partial charge in [-0.15, -0.1) is 0 Å². The zero-order valence-corrected chi connectivity index (χ0v) is 14.0. The standard InChI is InChI=1S/C16H13ClF3N3O3/c17-11-1-3-12(4-2-11)23-8-10(7-21-23)13(24)22-6-5-15(9-22,14(25)26)16(18,19)20/h1-4,7-8H,5-6,9H2,(H,25,26). The van der Waals surface area contributed by atoms with Gasteiger partial charge >= 0.3 is 12.1 Å². The Hall–Kier alpha value is -2.55. The number of hydrogen-bond acceptors (Lipinski definition) is 3. The van der Waals surface area contributed by atoms with Gasteiger partial charge in [-0.25, -0.2) is 4.68 Å². The number of benzene rings is 1. The highest BCUT2D eigenvalue weighted by Crippen LogP contribution is 2.46. The van der Waals surface area contributed by atoms with Gasteiger partial charge in [0.05, 0.1) is 17.4 Å². The SMILES string of the molecule is O=C(c1cnn(-c2ccc(Cl)cc2)c1)N1CCC(C(=O)O)(C(F)(F)F)C1. The van der Waals surface area contributed by atoms with Crippen molar-refractivity contribution in [3.63, 3.8) is 0 Å². The third-order valence-corrected chi connectivity index (χ3v) is 4.68. The van der Waals surface area contributed by atoms with Crippen molar-refractivity contribution in [1.29, 1.82) is 0 Å². The van der Waals surface area contributed by atoms with E-state index in [2.05, 4.69) is 5.10 Å². The van der Waals surface area contributed by atoms with Crippen LogP contribution in [0.1, 0.15) is 16.8 Å². The van der Waals surface area contributed by atoms with Crippen LogP contribution in [0.25, 0.3) is 5.69 Å². The zero-order valence-electron chi connectivity index (χ0n) is 13.2. The second-order valence-corrected chi connectivity index (χ2v) is 6.45. The van der Waals surface area contributed by atoms with E-state index >= 15 is 0 Å². The number of amides is 1. The molecule has 1 atom stereocenters. The van der Waals surface area contributed by atoms with Gasteiger partial charge in [0.15, 0.2) is 5.41 Å². The van der Waals surface area contributed by atoms with Crippen molar-refractivity contribution in [2.75, 3.05) is 13.1 Å². The van der Waals surface area contributed by atoms with Crippen LogP contribution in [0.3, 0.4) is 0 Å². The van der Waals surface area contributed by atoms with Gasteiger partial charge < -0.3 is 10.0 Å². The van der Waals surface area contributed by atoms with E-state index in [0.717, 1.165) is 4.90 Å². The molecular formula is C16H13ClF3N3O3. The molecule has 0 bridgehead atoms. The number of rotatable bonds is 3. The molecule has 0 aliphatic carbocycles. The van der Waals surface area contributed by atoms with Gasteiger partial charge in [-0.3, -0.25) is 9.59 Å². The predicted octanol–water partition coefficient (Wildman–Crippen LogP) is 3.00. The summed E-state index contributed by atoms with van der Waals surface area (Å²) in [6.07, 6.45) is -3.02. The fourth-order valence-electron chi connectivity index (χ4n) is 2.86. The molecule has 1 aliphatic rings. The van der Waals surface area contributed by atoms with Crippen LogP contribution in [0.2, 0.25) is 5.02 Å². The molecule has 1 aromatic heterocycles. The molecule has 1 amide bonds. The van der Waals surface area contributed by atoms with Crippen molar-refractivity contribution < 1.29 is 27.9 Å². The van der Waals surface area contributed by atoms with Crippen LogP contribution in [0.15, 0.2) is 36.7 Å². The number of carbonyl (C=O) groups excluding carboxylic acids is 1. The van der Waals surface area contributed by atoms with E-state index in [1.807, 2.05) is 0 Å². The minimum absolute atomic E-state index is 0.0725. The van der Waals surface area contributed by atoms with Gasteiger partial charge in [0.2, 0.25) is 0 Å². The van der Waals surface area contributed by atoms with Crippen molar-refractivity contribution in [3.05, 3.63) is 47.2 Å². The van der Waals surface area contributed by atoms with Crippen LogP contribution in [0, 0.1) is 5.41 Å². The summed E-state index contributed by atoms with van der Waals surface area (Å²) >= 11 is 5.80. The number of halogens is 4. The highest BCUT2D eigenvalue weighted by Gasteiger charge is 2.64. The van der Waals surface area contributed by atoms with E-state index in [9.17, 15) is 22.8 Å². The fraction of sp³-hybridized carbons (Fsp3) is 0.312. The van der Waals surface area contributed by atoms with E-state index < -0.39 is 36.4 Å². The second kappa shape index (κ2) is 6.31. The zero-order chi connectivity index (χ0) is 19.1. The molecular weight excluding hydrogens is 375 g/mol. The highest BCUT2D eigenvalue weighted by atomic mass is 35.5. The molecule has 1 unspecified atom stereocenters. The first-order valence-corrected chi connectivity index (χ1v) is 7.92. The summed E-state index contributed by atoms with van der Waals surface area (Å²) in [5, 5.41) is 13.6. The molecule has 2 aromatic rings. The smallest absolute Gasteiger partial charge is 0.406 e. The van der Waals surface area contributed by atoms with Crippen LogP contribution in [0.4, 0.5) is 13.2 Å². The van der Waals surface area contributed by atoms with Gasteiger partial charge in [-0.05, 0) is 30.7 Å². The fourth-order valence-corrected chi connectivity index (χ4v) is 2.99. The lowest BCUT2D eigenvalue weighted by Crippen LogP contribution is -2.47. The van der Waals surface area contributed by atoms with Crippen molar-refractivity contribution in [1.82, 2.24) is 14.7 Å². The number of carboxylic acid groups (broad SMARTS) is 1. The van der Waals surface area contributed by atoms with Crippen LogP contribution >= 0.6 is 11.6 Å². The second-order valence-electron chi connectivity index (χ2n) is 6.01.